The Labute approximate surface area is 113 Å². The lowest BCUT2D eigenvalue weighted by Crippen LogP contribution is -2.15. The van der Waals surface area contributed by atoms with E-state index in [1.165, 1.54) is 0 Å². The molecule has 1 aromatic heterocycles. The van der Waals surface area contributed by atoms with Crippen LogP contribution in [-0.2, 0) is 0 Å². The molecule has 2 rings (SSSR count). The molecule has 0 N–H and O–H groups in total. The van der Waals surface area contributed by atoms with Crippen LogP contribution in [0.3, 0.4) is 0 Å². The van der Waals surface area contributed by atoms with Crippen molar-refractivity contribution in [3.8, 4) is 11.8 Å². The Kier molecular flexibility index (Phi) is 4.02. The molecular weight excluding hydrogens is 244 g/mol. The van der Waals surface area contributed by atoms with Gasteiger partial charge in [0.2, 0.25) is 11.8 Å². The first-order chi connectivity index (χ1) is 9.01. The maximum absolute atomic E-state index is 11.3. The third-order valence-corrected chi connectivity index (χ3v) is 2.65. The molecular formula is C14H20N2O3. The zero-order valence-corrected chi connectivity index (χ0v) is 11.8. The van der Waals surface area contributed by atoms with Crippen molar-refractivity contribution in [3.05, 3.63) is 11.4 Å². The number of aldehydes is 1. The Bertz CT molecular complexity index is 437. The van der Waals surface area contributed by atoms with Gasteiger partial charge in [0.25, 0.3) is 0 Å². The molecule has 0 amide bonds. The lowest BCUT2D eigenvalue weighted by atomic mass is 10.3. The first-order valence-corrected chi connectivity index (χ1v) is 6.71. The number of carbonyl (C=O) groups is 1. The molecule has 1 fully saturated rings. The summed E-state index contributed by atoms with van der Waals surface area (Å²) in [6, 6.07) is 0. The van der Waals surface area contributed by atoms with E-state index >= 15 is 0 Å². The van der Waals surface area contributed by atoms with Crippen molar-refractivity contribution < 1.29 is 14.3 Å². The van der Waals surface area contributed by atoms with Gasteiger partial charge in [0.1, 0.15) is 11.4 Å². The minimum atomic E-state index is -0.0486. The molecule has 1 aliphatic carbocycles. The van der Waals surface area contributed by atoms with Crippen LogP contribution in [0.5, 0.6) is 11.8 Å². The largest absolute Gasteiger partial charge is 0.474 e. The van der Waals surface area contributed by atoms with Crippen molar-refractivity contribution in [2.24, 2.45) is 0 Å². The second kappa shape index (κ2) is 5.55. The summed E-state index contributed by atoms with van der Waals surface area (Å²) in [6.07, 6.45) is 2.78. The average molecular weight is 264 g/mol. The monoisotopic (exact) mass is 264 g/mol. The normalized spacial score (nSPS) is 14.8. The van der Waals surface area contributed by atoms with Gasteiger partial charge in [-0.1, -0.05) is 0 Å². The van der Waals surface area contributed by atoms with E-state index < -0.39 is 0 Å². The first kappa shape index (κ1) is 13.8. The van der Waals surface area contributed by atoms with Gasteiger partial charge in [0.05, 0.1) is 12.2 Å². The van der Waals surface area contributed by atoms with Crippen molar-refractivity contribution in [3.63, 3.8) is 0 Å². The number of carbonyl (C=O) groups excluding carboxylic acids is 1. The molecule has 0 atom stereocenters. The van der Waals surface area contributed by atoms with Crippen LogP contribution in [0.25, 0.3) is 0 Å². The molecule has 5 heteroatoms. The molecule has 0 radical (unpaired) electrons. The van der Waals surface area contributed by atoms with Gasteiger partial charge >= 0.3 is 0 Å². The van der Waals surface area contributed by atoms with E-state index in [0.717, 1.165) is 18.7 Å². The molecule has 19 heavy (non-hydrogen) atoms. The first-order valence-electron chi connectivity index (χ1n) is 6.71. The number of nitrogens with zero attached hydrogens (tertiary/aromatic N) is 2. The van der Waals surface area contributed by atoms with Gasteiger partial charge in [0, 0.05) is 5.92 Å². The predicted octanol–water partition coefficient (Wildman–Crippen LogP) is 2.74. The van der Waals surface area contributed by atoms with Crippen molar-refractivity contribution in [2.75, 3.05) is 0 Å². The van der Waals surface area contributed by atoms with E-state index in [1.54, 1.807) is 0 Å². The van der Waals surface area contributed by atoms with E-state index in [1.807, 2.05) is 27.7 Å². The van der Waals surface area contributed by atoms with Crippen molar-refractivity contribution in [1.82, 2.24) is 9.97 Å². The van der Waals surface area contributed by atoms with Crippen LogP contribution in [-0.4, -0.2) is 28.5 Å². The van der Waals surface area contributed by atoms with Crippen LogP contribution < -0.4 is 9.47 Å². The van der Waals surface area contributed by atoms with Gasteiger partial charge in [-0.25, -0.2) is 0 Å². The number of ether oxygens (including phenoxy) is 2. The third kappa shape index (κ3) is 3.43. The van der Waals surface area contributed by atoms with Crippen LogP contribution in [0, 0.1) is 0 Å². The summed E-state index contributed by atoms with van der Waals surface area (Å²) in [5.41, 5.74) is 0.298. The van der Waals surface area contributed by atoms with Crippen molar-refractivity contribution in [1.29, 1.82) is 0 Å². The fourth-order valence-electron chi connectivity index (χ4n) is 1.70. The minimum Gasteiger partial charge on any atom is -0.474 e. The second-order valence-corrected chi connectivity index (χ2v) is 5.33. The molecule has 5 nitrogen and oxygen atoms in total. The molecule has 0 saturated heterocycles. The van der Waals surface area contributed by atoms with Gasteiger partial charge in [-0.3, -0.25) is 4.79 Å². The highest BCUT2D eigenvalue weighted by Gasteiger charge is 2.30. The van der Waals surface area contributed by atoms with Crippen LogP contribution in [0.15, 0.2) is 0 Å². The van der Waals surface area contributed by atoms with Crippen LogP contribution in [0.1, 0.15) is 62.6 Å². The van der Waals surface area contributed by atoms with Gasteiger partial charge < -0.3 is 9.47 Å². The molecule has 0 unspecified atom stereocenters. The number of rotatable bonds is 6. The van der Waals surface area contributed by atoms with E-state index in [4.69, 9.17) is 9.47 Å². The van der Waals surface area contributed by atoms with Crippen LogP contribution in [0.2, 0.25) is 0 Å². The Hall–Kier alpha value is -1.65. The van der Waals surface area contributed by atoms with E-state index in [2.05, 4.69) is 9.97 Å². The molecule has 1 heterocycles. The van der Waals surface area contributed by atoms with Gasteiger partial charge in [0.15, 0.2) is 6.29 Å². The lowest BCUT2D eigenvalue weighted by molar-refractivity contribution is 0.110. The molecule has 0 spiro atoms. The van der Waals surface area contributed by atoms with E-state index in [0.29, 0.717) is 29.5 Å². The zero-order chi connectivity index (χ0) is 14.0. The summed E-state index contributed by atoms with van der Waals surface area (Å²) in [5.74, 6) is 1.76. The highest BCUT2D eigenvalue weighted by molar-refractivity contribution is 5.81. The Balaban J connectivity index is 2.42. The average Bonchev–Trinajstić information content (AvgIpc) is 3.10. The fraction of sp³-hybridized carbons (Fsp3) is 0.643. The summed E-state index contributed by atoms with van der Waals surface area (Å²) in [7, 11) is 0. The summed E-state index contributed by atoms with van der Waals surface area (Å²) in [5, 5.41) is 0. The SMILES string of the molecule is CC(C)Oc1nc(C2CC2)nc(OC(C)C)c1C=O. The van der Waals surface area contributed by atoms with Crippen LogP contribution in [0.4, 0.5) is 0 Å². The molecule has 1 aromatic rings. The summed E-state index contributed by atoms with van der Waals surface area (Å²) in [4.78, 5) is 20.0. The Morgan fingerprint density at radius 1 is 1.05 bits per heavy atom. The zero-order valence-electron chi connectivity index (χ0n) is 11.8. The van der Waals surface area contributed by atoms with Crippen molar-refractivity contribution >= 4 is 6.29 Å². The summed E-state index contributed by atoms with van der Waals surface area (Å²) < 4.78 is 11.2. The van der Waals surface area contributed by atoms with E-state index in [9.17, 15) is 4.79 Å². The van der Waals surface area contributed by atoms with Crippen LogP contribution >= 0.6 is 0 Å². The quantitative estimate of drug-likeness (QED) is 0.739. The third-order valence-electron chi connectivity index (χ3n) is 2.65. The topological polar surface area (TPSA) is 61.3 Å². The predicted molar refractivity (Wildman–Crippen MR) is 70.9 cm³/mol. The number of aromatic nitrogens is 2. The fourth-order valence-corrected chi connectivity index (χ4v) is 1.70. The molecule has 1 saturated carbocycles. The number of hydrogen-bond donors (Lipinski definition) is 0. The molecule has 0 aliphatic heterocycles. The van der Waals surface area contributed by atoms with Gasteiger partial charge in [-0.2, -0.15) is 9.97 Å². The molecule has 1 aliphatic rings. The van der Waals surface area contributed by atoms with Crippen molar-refractivity contribution in [2.45, 2.75) is 58.7 Å². The highest BCUT2D eigenvalue weighted by atomic mass is 16.5. The molecule has 0 bridgehead atoms. The second-order valence-electron chi connectivity index (χ2n) is 5.33. The molecule has 104 valence electrons. The lowest BCUT2D eigenvalue weighted by Gasteiger charge is -2.16. The maximum atomic E-state index is 11.3. The standard InChI is InChI=1S/C14H20N2O3/c1-8(2)18-13-11(7-17)14(19-9(3)4)16-12(15-13)10-5-6-10/h7-10H,5-6H2,1-4H3. The maximum Gasteiger partial charge on any atom is 0.231 e. The number of hydrogen-bond acceptors (Lipinski definition) is 5. The smallest absolute Gasteiger partial charge is 0.231 e. The molecule has 0 aromatic carbocycles. The van der Waals surface area contributed by atoms with Gasteiger partial charge in [-0.15, -0.1) is 0 Å². The Morgan fingerprint density at radius 3 is 1.84 bits per heavy atom. The summed E-state index contributed by atoms with van der Waals surface area (Å²) >= 11 is 0. The Morgan fingerprint density at radius 2 is 1.53 bits per heavy atom. The summed E-state index contributed by atoms with van der Waals surface area (Å²) in [6.45, 7) is 7.60. The highest BCUT2D eigenvalue weighted by Crippen LogP contribution is 2.40. The van der Waals surface area contributed by atoms with Gasteiger partial charge in [-0.05, 0) is 40.5 Å². The minimum absolute atomic E-state index is 0.0486. The van der Waals surface area contributed by atoms with E-state index in [-0.39, 0.29) is 12.2 Å².